The molecule has 2 amide bonds. The molecule has 0 aliphatic carbocycles. The highest BCUT2D eigenvalue weighted by Crippen LogP contribution is 2.50. The highest BCUT2D eigenvalue weighted by Gasteiger charge is 2.32. The molecule has 0 radical (unpaired) electrons. The lowest BCUT2D eigenvalue weighted by Crippen LogP contribution is -2.34. The number of phosphoric acid groups is 2. The summed E-state index contributed by atoms with van der Waals surface area (Å²) in [6, 6.07) is 0. The van der Waals surface area contributed by atoms with Gasteiger partial charge in [-0.3, -0.25) is 55.9 Å². The van der Waals surface area contributed by atoms with Crippen molar-refractivity contribution >= 4 is 51.3 Å². The van der Waals surface area contributed by atoms with Gasteiger partial charge in [-0.1, -0.05) is 336 Å². The van der Waals surface area contributed by atoms with Gasteiger partial charge in [0, 0.05) is 51.6 Å². The second-order valence-corrected chi connectivity index (χ2v) is 35.2. The minimum absolute atomic E-state index is 0.0224. The zero-order valence-electron chi connectivity index (χ0n) is 74.8. The largest absolute Gasteiger partial charge is 0.475 e. The normalized spacial score (nSPS) is 13.6. The lowest BCUT2D eigenvalue weighted by Gasteiger charge is -2.23. The van der Waals surface area contributed by atoms with Gasteiger partial charge < -0.3 is 39.1 Å². The first kappa shape index (κ1) is 112. The highest BCUT2D eigenvalue weighted by atomic mass is 31.2. The highest BCUT2D eigenvalue weighted by molar-refractivity contribution is 7.48. The number of carbonyl (C=O) groups is 6. The van der Waals surface area contributed by atoms with Crippen molar-refractivity contribution in [2.24, 2.45) is 0 Å². The molecule has 0 heterocycles. The molecule has 2 unspecified atom stereocenters. The molecule has 0 saturated carbocycles. The fourth-order valence-corrected chi connectivity index (χ4v) is 15.9. The Morgan fingerprint density at radius 1 is 0.276 bits per heavy atom. The van der Waals surface area contributed by atoms with Crippen LogP contribution in [-0.2, 0) is 93.5 Å². The summed E-state index contributed by atoms with van der Waals surface area (Å²) in [4.78, 5) is 79.0. The predicted molar refractivity (Wildman–Crippen MR) is 470 cm³/mol. The Balaban J connectivity index is 5.85. The van der Waals surface area contributed by atoms with Gasteiger partial charge in [0.25, 0.3) is 0 Å². The molecular weight excluding hydrogens is 1510 g/mol. The van der Waals surface area contributed by atoms with E-state index in [1.807, 2.05) is 0 Å². The van der Waals surface area contributed by atoms with E-state index in [9.17, 15) is 37.9 Å². The van der Waals surface area contributed by atoms with Crippen molar-refractivity contribution in [2.75, 3.05) is 79.2 Å². The van der Waals surface area contributed by atoms with E-state index in [1.54, 1.807) is 0 Å². The van der Waals surface area contributed by atoms with Crippen LogP contribution in [0.25, 0.3) is 0 Å². The average molecular weight is 1690 g/mol. The maximum atomic E-state index is 14.1. The molecule has 0 aliphatic rings. The van der Waals surface area contributed by atoms with E-state index < -0.39 is 64.6 Å². The average Bonchev–Trinajstić information content (AvgIpc) is 0.892. The van der Waals surface area contributed by atoms with Crippen molar-refractivity contribution < 1.29 is 93.5 Å². The number of hydrogen-bond acceptors (Lipinski definition) is 20. The Hall–Kier alpha value is -3.56. The number of phosphoric ester groups is 2. The first-order chi connectivity index (χ1) is 56.5. The van der Waals surface area contributed by atoms with Crippen molar-refractivity contribution in [1.29, 1.82) is 0 Å². The number of ether oxygens (including phenoxy) is 6. The molecule has 0 fully saturated rings. The van der Waals surface area contributed by atoms with Gasteiger partial charge in [-0.25, -0.2) is 9.13 Å². The zero-order chi connectivity index (χ0) is 85.0. The van der Waals surface area contributed by atoms with E-state index in [0.29, 0.717) is 44.9 Å². The van der Waals surface area contributed by atoms with Crippen LogP contribution in [0, 0.1) is 0 Å². The van der Waals surface area contributed by atoms with Crippen LogP contribution in [0.5, 0.6) is 0 Å². The Morgan fingerprint density at radius 3 is 0.828 bits per heavy atom. The van der Waals surface area contributed by atoms with Crippen LogP contribution in [0.2, 0.25) is 0 Å². The number of nitrogens with one attached hydrogen (secondary N) is 2. The van der Waals surface area contributed by atoms with Crippen molar-refractivity contribution in [2.45, 2.75) is 451 Å². The molecule has 0 aromatic carbocycles. The zero-order valence-corrected chi connectivity index (χ0v) is 76.6. The van der Waals surface area contributed by atoms with Crippen LogP contribution < -0.4 is 10.6 Å². The number of unbranched alkanes of at least 4 members (excludes halogenated alkanes) is 44. The standard InChI is InChI=1S/C92H174N2O20P2/c1-9-17-23-29-33-37-39-43-47-53-59-66-91(99)113-85(79-103-75-68-83(62-55-49-27-21-13-5)111-89(97)64-57-51-45-41-35-31-25-19-11-3)81-109-115(101,105-72-15-7)107-74-61-70-93-87(95)78-88(96)94-71-77-108-116(102,106-73-16-8)110-82-86(114-92(100)67-60-54-48-44-40-38-34-30-24-18-10-2)80-104-76-69-84(63-56-50-28-22-14-6)112-90(98)65-58-52-46-42-36-32-26-20-12-4/h15-16,83-86H,7-14,17-82H2,1-6H3,(H,93,95)(H,94,96)/t83-,84-,85-,86-,115?,116?/m1/s1. The number of amides is 2. The molecule has 2 N–H and O–H groups in total. The molecule has 22 nitrogen and oxygen atoms in total. The maximum Gasteiger partial charge on any atom is 0.475 e. The van der Waals surface area contributed by atoms with Gasteiger partial charge in [0.05, 0.1) is 66.1 Å². The van der Waals surface area contributed by atoms with Crippen LogP contribution in [0.1, 0.15) is 427 Å². The number of carbonyl (C=O) groups excluding carboxylic acids is 6. The summed E-state index contributed by atoms with van der Waals surface area (Å²) in [6.45, 7) is 18.9. The Bertz CT molecular complexity index is 2410. The van der Waals surface area contributed by atoms with Crippen LogP contribution >= 0.6 is 15.6 Å². The van der Waals surface area contributed by atoms with Crippen molar-refractivity contribution in [3.8, 4) is 0 Å². The summed E-state index contributed by atoms with van der Waals surface area (Å²) < 4.78 is 98.4. The molecule has 0 aliphatic heterocycles. The van der Waals surface area contributed by atoms with Gasteiger partial charge in [0.1, 0.15) is 30.8 Å². The van der Waals surface area contributed by atoms with Crippen LogP contribution in [0.4, 0.5) is 0 Å². The molecule has 0 aromatic heterocycles. The topological polar surface area (TPSA) is 271 Å². The lowest BCUT2D eigenvalue weighted by atomic mass is 10.1. The molecule has 116 heavy (non-hydrogen) atoms. The molecule has 6 atom stereocenters. The summed E-state index contributed by atoms with van der Waals surface area (Å²) in [5.74, 6) is -2.56. The van der Waals surface area contributed by atoms with Gasteiger partial charge in [-0.2, -0.15) is 0 Å². The first-order valence-electron chi connectivity index (χ1n) is 47.3. The molecule has 682 valence electrons. The van der Waals surface area contributed by atoms with Gasteiger partial charge in [0.15, 0.2) is 0 Å². The van der Waals surface area contributed by atoms with Crippen molar-refractivity contribution in [1.82, 2.24) is 10.6 Å². The third-order valence-electron chi connectivity index (χ3n) is 20.6. The Morgan fingerprint density at radius 2 is 0.534 bits per heavy atom. The van der Waals surface area contributed by atoms with Gasteiger partial charge in [-0.15, -0.1) is 13.2 Å². The van der Waals surface area contributed by atoms with Gasteiger partial charge >= 0.3 is 39.5 Å². The van der Waals surface area contributed by atoms with E-state index in [2.05, 4.69) is 65.3 Å². The predicted octanol–water partition coefficient (Wildman–Crippen LogP) is 25.1. The van der Waals surface area contributed by atoms with Crippen molar-refractivity contribution in [3.05, 3.63) is 25.3 Å². The van der Waals surface area contributed by atoms with E-state index in [4.69, 9.17) is 55.6 Å². The van der Waals surface area contributed by atoms with E-state index >= 15 is 0 Å². The number of rotatable bonds is 93. The Labute approximate surface area is 707 Å². The smallest absolute Gasteiger partial charge is 0.462 e. The minimum atomic E-state index is -4.37. The quantitative estimate of drug-likeness (QED) is 0.0143. The molecule has 0 aromatic rings. The minimum Gasteiger partial charge on any atom is -0.462 e. The lowest BCUT2D eigenvalue weighted by molar-refractivity contribution is -0.156. The van der Waals surface area contributed by atoms with Crippen LogP contribution in [-0.4, -0.2) is 139 Å². The van der Waals surface area contributed by atoms with Crippen LogP contribution in [0.3, 0.4) is 0 Å². The molecule has 24 heteroatoms. The van der Waals surface area contributed by atoms with Crippen molar-refractivity contribution in [3.63, 3.8) is 0 Å². The summed E-state index contributed by atoms with van der Waals surface area (Å²) in [7, 11) is -8.69. The third kappa shape index (κ3) is 76.6. The molecule has 0 spiro atoms. The molecule has 0 bridgehead atoms. The molecule has 0 rings (SSSR count). The number of hydrogen-bond donors (Lipinski definition) is 2. The fraction of sp³-hybridized carbons (Fsp3) is 0.891. The summed E-state index contributed by atoms with van der Waals surface area (Å²) >= 11 is 0. The summed E-state index contributed by atoms with van der Waals surface area (Å²) in [5, 5.41) is 5.24. The Kier molecular flexibility index (Phi) is 82.4. The van der Waals surface area contributed by atoms with E-state index in [0.717, 1.165) is 148 Å². The maximum absolute atomic E-state index is 14.1. The van der Waals surface area contributed by atoms with Gasteiger partial charge in [-0.05, 0) is 57.8 Å². The first-order valence-corrected chi connectivity index (χ1v) is 50.2. The molecular formula is C92H174N2O20P2. The van der Waals surface area contributed by atoms with Crippen LogP contribution in [0.15, 0.2) is 25.3 Å². The SMILES string of the molecule is C=CCOP(=O)(OCCCNC(=O)CC(=O)NCCOP(=O)(OCC=C)OC[C@@H](COCC[C@@H](CCCCCCC)OC(=O)CCCCCCCCCCC)OC(=O)CCCCCCCCCCCCC)OC[C@@H](COCC[C@@H](CCCCCCC)OC(=O)CCCCCCCCCCC)OC(=O)CCCCCCCCCCCCC. The second kappa shape index (κ2) is 85.0. The monoisotopic (exact) mass is 1690 g/mol. The third-order valence-corrected chi connectivity index (χ3v) is 23.4. The second-order valence-electron chi connectivity index (χ2n) is 31.9. The summed E-state index contributed by atoms with van der Waals surface area (Å²) in [6.07, 6.45) is 59.6. The summed E-state index contributed by atoms with van der Waals surface area (Å²) in [5.41, 5.74) is 0. The van der Waals surface area contributed by atoms with Gasteiger partial charge in [0.2, 0.25) is 11.8 Å². The number of esters is 4. The fourth-order valence-electron chi connectivity index (χ4n) is 13.5. The van der Waals surface area contributed by atoms with E-state index in [-0.39, 0.29) is 116 Å². The molecule has 0 saturated heterocycles. The van der Waals surface area contributed by atoms with E-state index in [1.165, 1.54) is 179 Å².